The molecule has 156 valence electrons. The van der Waals surface area contributed by atoms with Gasteiger partial charge in [-0.25, -0.2) is 9.79 Å². The van der Waals surface area contributed by atoms with Crippen molar-refractivity contribution in [3.63, 3.8) is 0 Å². The van der Waals surface area contributed by atoms with Crippen molar-refractivity contribution in [1.29, 1.82) is 0 Å². The summed E-state index contributed by atoms with van der Waals surface area (Å²) in [6, 6.07) is -0.929. The molecule has 2 rings (SSSR count). The van der Waals surface area contributed by atoms with Crippen LogP contribution in [0.3, 0.4) is 0 Å². The van der Waals surface area contributed by atoms with Crippen molar-refractivity contribution in [2.24, 2.45) is 4.99 Å². The van der Waals surface area contributed by atoms with Gasteiger partial charge >= 0.3 is 11.7 Å². The molecular weight excluding hydrogens is 368 g/mol. The fraction of sp³-hybridized carbons (Fsp3) is 0.647. The first-order valence-corrected chi connectivity index (χ1v) is 8.88. The Hall–Kier alpha value is -2.66. The number of anilines is 2. The van der Waals surface area contributed by atoms with Gasteiger partial charge in [0.2, 0.25) is 5.95 Å². The standard InChI is InChI=1S/C17H28N6O5/c1-9(24)12(25)10-7-18-13-11(23(10)16(27)28-17(2,3)4)14(26)21-15(20-13)19-8-22(5)6/h8-10,12,24-25H,7H2,1-6H3,(H2,18,20,21,26). The summed E-state index contributed by atoms with van der Waals surface area (Å²) in [5, 5.41) is 23.2. The van der Waals surface area contributed by atoms with Gasteiger partial charge in [0.05, 0.1) is 18.5 Å². The van der Waals surface area contributed by atoms with Gasteiger partial charge in [-0.1, -0.05) is 0 Å². The summed E-state index contributed by atoms with van der Waals surface area (Å²) in [7, 11) is 3.54. The van der Waals surface area contributed by atoms with Gasteiger partial charge in [-0.05, 0) is 27.7 Å². The lowest BCUT2D eigenvalue weighted by Gasteiger charge is -2.40. The lowest BCUT2D eigenvalue weighted by atomic mass is 10.0. The minimum absolute atomic E-state index is 0.0589. The maximum atomic E-state index is 12.8. The van der Waals surface area contributed by atoms with E-state index >= 15 is 0 Å². The Balaban J connectivity index is 2.53. The van der Waals surface area contributed by atoms with Gasteiger partial charge in [0.1, 0.15) is 17.5 Å². The molecule has 0 saturated heterocycles. The second-order valence-electron chi connectivity index (χ2n) is 7.83. The Kier molecular flexibility index (Phi) is 6.30. The predicted octanol–water partition coefficient (Wildman–Crippen LogP) is 0.269. The third-order valence-corrected chi connectivity index (χ3v) is 3.83. The number of nitrogens with one attached hydrogen (secondary N) is 2. The zero-order valence-corrected chi connectivity index (χ0v) is 16.9. The largest absolute Gasteiger partial charge is 0.443 e. The SMILES string of the molecule is CC(O)C(O)C1CNc2[nH]c(N=CN(C)C)nc(=O)c2N1C(=O)OC(C)(C)C. The number of aromatic amines is 1. The van der Waals surface area contributed by atoms with E-state index in [1.807, 2.05) is 0 Å². The monoisotopic (exact) mass is 396 g/mol. The number of hydrogen-bond acceptors (Lipinski definition) is 8. The van der Waals surface area contributed by atoms with E-state index in [2.05, 4.69) is 20.3 Å². The number of amides is 1. The fourth-order valence-electron chi connectivity index (χ4n) is 2.63. The van der Waals surface area contributed by atoms with Gasteiger partial charge in [0, 0.05) is 20.6 Å². The maximum absolute atomic E-state index is 12.8. The lowest BCUT2D eigenvalue weighted by molar-refractivity contribution is 0.00978. The highest BCUT2D eigenvalue weighted by atomic mass is 16.6. The number of hydrogen-bond donors (Lipinski definition) is 4. The van der Waals surface area contributed by atoms with Crippen LogP contribution in [0, 0.1) is 0 Å². The highest BCUT2D eigenvalue weighted by Crippen LogP contribution is 2.30. The van der Waals surface area contributed by atoms with E-state index in [4.69, 9.17) is 4.74 Å². The molecular formula is C17H28N6O5. The second kappa shape index (κ2) is 8.15. The molecule has 0 aromatic carbocycles. The Labute approximate surface area is 163 Å². The third kappa shape index (κ3) is 4.98. The topological polar surface area (TPSA) is 143 Å². The minimum atomic E-state index is -1.31. The van der Waals surface area contributed by atoms with Crippen LogP contribution in [0.15, 0.2) is 9.79 Å². The van der Waals surface area contributed by atoms with E-state index in [0.717, 1.165) is 4.90 Å². The van der Waals surface area contributed by atoms with Gasteiger partial charge in [-0.15, -0.1) is 0 Å². The van der Waals surface area contributed by atoms with Gasteiger partial charge < -0.3 is 30.2 Å². The summed E-state index contributed by atoms with van der Waals surface area (Å²) >= 11 is 0. The van der Waals surface area contributed by atoms with Crippen molar-refractivity contribution in [2.45, 2.75) is 51.5 Å². The quantitative estimate of drug-likeness (QED) is 0.419. The number of aliphatic imine (C=N–C) groups is 1. The Morgan fingerprint density at radius 2 is 2.07 bits per heavy atom. The van der Waals surface area contributed by atoms with E-state index in [0.29, 0.717) is 0 Å². The molecule has 0 saturated carbocycles. The van der Waals surface area contributed by atoms with Gasteiger partial charge in [-0.3, -0.25) is 9.69 Å². The number of aliphatic hydroxyl groups excluding tert-OH is 2. The maximum Gasteiger partial charge on any atom is 0.415 e. The van der Waals surface area contributed by atoms with Crippen LogP contribution in [0.1, 0.15) is 27.7 Å². The molecule has 3 atom stereocenters. The molecule has 0 bridgehead atoms. The number of rotatable bonds is 4. The van der Waals surface area contributed by atoms with Crippen LogP contribution in [-0.4, -0.2) is 82.0 Å². The molecule has 1 aromatic heterocycles. The van der Waals surface area contributed by atoms with E-state index in [-0.39, 0.29) is 24.0 Å². The molecule has 0 radical (unpaired) electrons. The number of nitrogens with zero attached hydrogens (tertiary/aromatic N) is 4. The molecule has 1 aliphatic rings. The first-order valence-electron chi connectivity index (χ1n) is 8.88. The molecule has 1 aliphatic heterocycles. The number of aromatic nitrogens is 2. The van der Waals surface area contributed by atoms with Crippen molar-refractivity contribution in [1.82, 2.24) is 14.9 Å². The van der Waals surface area contributed by atoms with Crippen LogP contribution in [0.2, 0.25) is 0 Å². The van der Waals surface area contributed by atoms with E-state index in [1.54, 1.807) is 39.8 Å². The molecule has 2 heterocycles. The normalized spacial score (nSPS) is 19.0. The summed E-state index contributed by atoms with van der Waals surface area (Å²) in [4.78, 5) is 39.0. The Bertz CT molecular complexity index is 798. The minimum Gasteiger partial charge on any atom is -0.443 e. The van der Waals surface area contributed by atoms with Crippen LogP contribution < -0.4 is 15.8 Å². The number of aliphatic hydroxyl groups is 2. The molecule has 4 N–H and O–H groups in total. The third-order valence-electron chi connectivity index (χ3n) is 3.83. The lowest BCUT2D eigenvalue weighted by Crippen LogP contribution is -2.58. The molecule has 11 nitrogen and oxygen atoms in total. The summed E-state index contributed by atoms with van der Waals surface area (Å²) in [5.74, 6) is 0.287. The number of fused-ring (bicyclic) bond motifs is 1. The van der Waals surface area contributed by atoms with Crippen LogP contribution in [-0.2, 0) is 4.74 Å². The zero-order chi connectivity index (χ0) is 21.2. The average Bonchev–Trinajstić information content (AvgIpc) is 2.56. The summed E-state index contributed by atoms with van der Waals surface area (Å²) in [5.41, 5.74) is -1.65. The van der Waals surface area contributed by atoms with Gasteiger partial charge in [-0.2, -0.15) is 4.98 Å². The predicted molar refractivity (Wildman–Crippen MR) is 105 cm³/mol. The van der Waals surface area contributed by atoms with E-state index < -0.39 is 35.5 Å². The highest BCUT2D eigenvalue weighted by Gasteiger charge is 2.41. The number of carbonyl (C=O) groups is 1. The van der Waals surface area contributed by atoms with Crippen molar-refractivity contribution in [3.8, 4) is 0 Å². The number of ether oxygens (including phenoxy) is 1. The van der Waals surface area contributed by atoms with Crippen LogP contribution in [0.5, 0.6) is 0 Å². The second-order valence-corrected chi connectivity index (χ2v) is 7.83. The van der Waals surface area contributed by atoms with Crippen molar-refractivity contribution >= 4 is 29.9 Å². The fourth-order valence-corrected chi connectivity index (χ4v) is 2.63. The zero-order valence-electron chi connectivity index (χ0n) is 16.9. The van der Waals surface area contributed by atoms with Crippen LogP contribution >= 0.6 is 0 Å². The molecule has 0 aliphatic carbocycles. The molecule has 0 spiro atoms. The summed E-state index contributed by atoms with van der Waals surface area (Å²) < 4.78 is 5.41. The Morgan fingerprint density at radius 1 is 1.43 bits per heavy atom. The highest BCUT2D eigenvalue weighted by molar-refractivity contribution is 5.93. The number of carbonyl (C=O) groups excluding carboxylic acids is 1. The van der Waals surface area contributed by atoms with Crippen molar-refractivity contribution < 1.29 is 19.7 Å². The average molecular weight is 396 g/mol. The van der Waals surface area contributed by atoms with E-state index in [1.165, 1.54) is 13.3 Å². The molecule has 3 unspecified atom stereocenters. The van der Waals surface area contributed by atoms with Crippen LogP contribution in [0.4, 0.5) is 22.2 Å². The van der Waals surface area contributed by atoms with Gasteiger partial charge in [0.25, 0.3) is 0 Å². The van der Waals surface area contributed by atoms with Crippen molar-refractivity contribution in [2.75, 3.05) is 30.9 Å². The molecule has 11 heteroatoms. The van der Waals surface area contributed by atoms with Gasteiger partial charge in [0.15, 0.2) is 5.69 Å². The first-order chi connectivity index (χ1) is 12.9. The first kappa shape index (κ1) is 21.6. The molecule has 1 aromatic rings. The van der Waals surface area contributed by atoms with Crippen LogP contribution in [0.25, 0.3) is 0 Å². The van der Waals surface area contributed by atoms with Crippen molar-refractivity contribution in [3.05, 3.63) is 10.4 Å². The molecule has 0 fully saturated rings. The molecule has 28 heavy (non-hydrogen) atoms. The van der Waals surface area contributed by atoms with E-state index in [9.17, 15) is 19.8 Å². The number of H-pyrrole nitrogens is 1. The Morgan fingerprint density at radius 3 is 2.61 bits per heavy atom. The summed E-state index contributed by atoms with van der Waals surface area (Å²) in [6.45, 7) is 6.55. The molecule has 1 amide bonds. The summed E-state index contributed by atoms with van der Waals surface area (Å²) in [6.07, 6.45) is -1.79. The smallest absolute Gasteiger partial charge is 0.415 e.